The molecule has 0 atom stereocenters. The van der Waals surface area contributed by atoms with Gasteiger partial charge in [0.05, 0.1) is 10.5 Å². The Morgan fingerprint density at radius 2 is 1.94 bits per heavy atom. The molecular weight excluding hydrogens is 426 g/mol. The Labute approximate surface area is 182 Å². The van der Waals surface area contributed by atoms with Gasteiger partial charge in [-0.1, -0.05) is 17.7 Å². The van der Waals surface area contributed by atoms with Gasteiger partial charge in [0.2, 0.25) is 5.91 Å². The van der Waals surface area contributed by atoms with E-state index in [2.05, 4.69) is 0 Å². The topological polar surface area (TPSA) is 62.5 Å². The van der Waals surface area contributed by atoms with Crippen molar-refractivity contribution in [3.05, 3.63) is 58.7 Å². The van der Waals surface area contributed by atoms with E-state index in [1.54, 1.807) is 17.2 Å². The SMILES string of the molecule is CCN(Cc1cc(F)ccc1-c1cn(CC(=O)O)c2ccc(F)c(Cl)c12)C(=O)C1CC1. The third-order valence-corrected chi connectivity index (χ3v) is 5.95. The monoisotopic (exact) mass is 446 g/mol. The van der Waals surface area contributed by atoms with Gasteiger partial charge in [-0.3, -0.25) is 9.59 Å². The molecule has 0 radical (unpaired) electrons. The van der Waals surface area contributed by atoms with Crippen molar-refractivity contribution >= 4 is 34.4 Å². The molecule has 1 aliphatic carbocycles. The quantitative estimate of drug-likeness (QED) is 0.550. The lowest BCUT2D eigenvalue weighted by molar-refractivity contribution is -0.137. The average molecular weight is 447 g/mol. The number of amides is 1. The number of hydrogen-bond donors (Lipinski definition) is 1. The highest BCUT2D eigenvalue weighted by molar-refractivity contribution is 6.36. The molecule has 0 spiro atoms. The smallest absolute Gasteiger partial charge is 0.323 e. The minimum Gasteiger partial charge on any atom is -0.480 e. The average Bonchev–Trinajstić information content (AvgIpc) is 3.51. The van der Waals surface area contributed by atoms with Crippen LogP contribution >= 0.6 is 11.6 Å². The van der Waals surface area contributed by atoms with E-state index in [-0.39, 0.29) is 29.9 Å². The van der Waals surface area contributed by atoms with Crippen LogP contribution in [0.25, 0.3) is 22.0 Å². The highest BCUT2D eigenvalue weighted by atomic mass is 35.5. The molecule has 1 amide bonds. The summed E-state index contributed by atoms with van der Waals surface area (Å²) in [6, 6.07) is 6.85. The van der Waals surface area contributed by atoms with Crippen LogP contribution in [-0.2, 0) is 22.7 Å². The number of nitrogens with zero attached hydrogens (tertiary/aromatic N) is 2. The van der Waals surface area contributed by atoms with Gasteiger partial charge in [-0.2, -0.15) is 0 Å². The van der Waals surface area contributed by atoms with Gasteiger partial charge in [0, 0.05) is 36.2 Å². The number of carbonyl (C=O) groups excluding carboxylic acids is 1. The summed E-state index contributed by atoms with van der Waals surface area (Å²) >= 11 is 6.27. The Hall–Kier alpha value is -2.93. The van der Waals surface area contributed by atoms with Crippen LogP contribution in [0.4, 0.5) is 8.78 Å². The molecule has 1 fully saturated rings. The molecule has 162 valence electrons. The highest BCUT2D eigenvalue weighted by Crippen LogP contribution is 2.39. The second kappa shape index (κ2) is 8.30. The zero-order chi connectivity index (χ0) is 22.3. The molecule has 4 rings (SSSR count). The van der Waals surface area contributed by atoms with E-state index >= 15 is 0 Å². The van der Waals surface area contributed by atoms with Gasteiger partial charge in [0.15, 0.2) is 0 Å². The fraction of sp³-hybridized carbons (Fsp3) is 0.304. The predicted octanol–water partition coefficient (Wildman–Crippen LogP) is 5.08. The second-order valence-corrected chi connectivity index (χ2v) is 8.13. The molecule has 0 saturated heterocycles. The fourth-order valence-electron chi connectivity index (χ4n) is 3.90. The van der Waals surface area contributed by atoms with Crippen LogP contribution in [-0.4, -0.2) is 33.0 Å². The van der Waals surface area contributed by atoms with Gasteiger partial charge in [0.25, 0.3) is 0 Å². The van der Waals surface area contributed by atoms with Crippen LogP contribution < -0.4 is 0 Å². The number of aliphatic carboxylic acids is 1. The Bertz CT molecular complexity index is 1190. The molecule has 3 aromatic rings. The largest absolute Gasteiger partial charge is 0.480 e. The summed E-state index contributed by atoms with van der Waals surface area (Å²) in [6.07, 6.45) is 3.31. The van der Waals surface area contributed by atoms with Gasteiger partial charge in [-0.15, -0.1) is 0 Å². The van der Waals surface area contributed by atoms with Gasteiger partial charge in [-0.05, 0) is 55.2 Å². The van der Waals surface area contributed by atoms with Crippen LogP contribution in [0.3, 0.4) is 0 Å². The number of carbonyl (C=O) groups is 2. The van der Waals surface area contributed by atoms with E-state index in [9.17, 15) is 23.5 Å². The number of carboxylic acid groups (broad SMARTS) is 1. The summed E-state index contributed by atoms with van der Waals surface area (Å²) in [7, 11) is 0. The number of hydrogen-bond acceptors (Lipinski definition) is 2. The standard InChI is InChI=1S/C23H21ClF2N2O3/c1-2-27(23(31)13-3-4-13)10-14-9-15(25)5-6-16(14)17-11-28(12-20(29)30)19-8-7-18(26)22(24)21(17)19/h5-9,11,13H,2-4,10,12H2,1H3,(H,29,30). The van der Waals surface area contributed by atoms with Crippen LogP contribution in [0.1, 0.15) is 25.3 Å². The van der Waals surface area contributed by atoms with Crippen molar-refractivity contribution in [2.45, 2.75) is 32.9 Å². The molecule has 1 saturated carbocycles. The minimum atomic E-state index is -1.06. The molecule has 5 nitrogen and oxygen atoms in total. The predicted molar refractivity (Wildman–Crippen MR) is 114 cm³/mol. The Kier molecular flexibility index (Phi) is 5.71. The van der Waals surface area contributed by atoms with Crippen molar-refractivity contribution in [1.29, 1.82) is 0 Å². The van der Waals surface area contributed by atoms with Gasteiger partial charge >= 0.3 is 5.97 Å². The second-order valence-electron chi connectivity index (χ2n) is 7.75. The molecule has 0 unspecified atom stereocenters. The Morgan fingerprint density at radius 3 is 2.58 bits per heavy atom. The molecule has 0 aliphatic heterocycles. The third kappa shape index (κ3) is 4.14. The van der Waals surface area contributed by atoms with Gasteiger partial charge in [0.1, 0.15) is 18.2 Å². The summed E-state index contributed by atoms with van der Waals surface area (Å²) in [6.45, 7) is 2.19. The number of carboxylic acids is 1. The molecule has 1 N–H and O–H groups in total. The number of aromatic nitrogens is 1. The molecule has 1 heterocycles. The van der Waals surface area contributed by atoms with Crippen LogP contribution in [0, 0.1) is 17.6 Å². The van der Waals surface area contributed by atoms with E-state index in [4.69, 9.17) is 11.6 Å². The van der Waals surface area contributed by atoms with Crippen molar-refractivity contribution in [2.24, 2.45) is 5.92 Å². The Balaban J connectivity index is 1.87. The number of halogens is 3. The molecule has 8 heteroatoms. The van der Waals surface area contributed by atoms with Crippen LogP contribution in [0.2, 0.25) is 5.02 Å². The van der Waals surface area contributed by atoms with Crippen LogP contribution in [0.5, 0.6) is 0 Å². The van der Waals surface area contributed by atoms with Gasteiger partial charge < -0.3 is 14.6 Å². The number of rotatable bonds is 7. The van der Waals surface area contributed by atoms with E-state index in [0.717, 1.165) is 12.8 Å². The summed E-state index contributed by atoms with van der Waals surface area (Å²) < 4.78 is 29.9. The number of benzene rings is 2. The Morgan fingerprint density at radius 1 is 1.19 bits per heavy atom. The van der Waals surface area contributed by atoms with Crippen molar-refractivity contribution in [2.75, 3.05) is 6.54 Å². The van der Waals surface area contributed by atoms with E-state index in [1.165, 1.54) is 28.8 Å². The molecule has 2 aromatic carbocycles. The van der Waals surface area contributed by atoms with E-state index in [1.807, 2.05) is 6.92 Å². The minimum absolute atomic E-state index is 0.0259. The summed E-state index contributed by atoms with van der Waals surface area (Å²) in [4.78, 5) is 25.6. The summed E-state index contributed by atoms with van der Waals surface area (Å²) in [5.41, 5.74) is 2.07. The lowest BCUT2D eigenvalue weighted by Gasteiger charge is -2.22. The molecular formula is C23H21ClF2N2O3. The lowest BCUT2D eigenvalue weighted by Crippen LogP contribution is -2.31. The summed E-state index contributed by atoms with van der Waals surface area (Å²) in [5.74, 6) is -2.09. The molecule has 1 aromatic heterocycles. The summed E-state index contributed by atoms with van der Waals surface area (Å²) in [5, 5.41) is 9.49. The van der Waals surface area contributed by atoms with Crippen molar-refractivity contribution in [3.63, 3.8) is 0 Å². The first-order valence-corrected chi connectivity index (χ1v) is 10.4. The third-order valence-electron chi connectivity index (χ3n) is 5.58. The first kappa shape index (κ1) is 21.3. The fourth-order valence-corrected chi connectivity index (χ4v) is 4.16. The first-order valence-electron chi connectivity index (χ1n) is 10.1. The zero-order valence-corrected chi connectivity index (χ0v) is 17.6. The van der Waals surface area contributed by atoms with Crippen molar-refractivity contribution < 1.29 is 23.5 Å². The maximum Gasteiger partial charge on any atom is 0.323 e. The zero-order valence-electron chi connectivity index (χ0n) is 16.9. The number of fused-ring (bicyclic) bond motifs is 1. The maximum atomic E-state index is 14.3. The first-order chi connectivity index (χ1) is 14.8. The van der Waals surface area contributed by atoms with E-state index < -0.39 is 17.6 Å². The lowest BCUT2D eigenvalue weighted by atomic mass is 9.98. The van der Waals surface area contributed by atoms with Crippen molar-refractivity contribution in [1.82, 2.24) is 9.47 Å². The van der Waals surface area contributed by atoms with Gasteiger partial charge in [-0.25, -0.2) is 8.78 Å². The van der Waals surface area contributed by atoms with Crippen LogP contribution in [0.15, 0.2) is 36.5 Å². The maximum absolute atomic E-state index is 14.3. The van der Waals surface area contributed by atoms with Crippen molar-refractivity contribution in [3.8, 4) is 11.1 Å². The molecule has 1 aliphatic rings. The molecule has 0 bridgehead atoms. The molecule has 31 heavy (non-hydrogen) atoms. The normalized spacial score (nSPS) is 13.5. The highest BCUT2D eigenvalue weighted by Gasteiger charge is 2.33. The van der Waals surface area contributed by atoms with E-state index in [0.29, 0.717) is 34.1 Å².